The first kappa shape index (κ1) is 18.7. The van der Waals surface area contributed by atoms with E-state index in [9.17, 15) is 13.2 Å². The molecule has 0 aliphatic carbocycles. The molecule has 1 aliphatic heterocycles. The molecule has 136 valence electrons. The first-order valence-corrected chi connectivity index (χ1v) is 9.11. The van der Waals surface area contributed by atoms with Crippen LogP contribution >= 0.6 is 11.8 Å². The monoisotopic (exact) mass is 376 g/mol. The molecule has 0 aromatic heterocycles. The van der Waals surface area contributed by atoms with Crippen LogP contribution in [0.5, 0.6) is 0 Å². The lowest BCUT2D eigenvalue weighted by Crippen LogP contribution is -2.36. The fourth-order valence-electron chi connectivity index (χ4n) is 3.48. The minimum Gasteiger partial charge on any atom is -0.307 e. The third kappa shape index (κ3) is 4.01. The first-order valence-electron chi connectivity index (χ1n) is 8.29. The van der Waals surface area contributed by atoms with Gasteiger partial charge in [-0.05, 0) is 48.9 Å². The number of benzene rings is 2. The molecular weight excluding hydrogens is 357 g/mol. The fraction of sp³-hybridized carbons (Fsp3) is 0.300. The Hall–Kier alpha value is -2.08. The molecule has 1 aliphatic rings. The van der Waals surface area contributed by atoms with Crippen molar-refractivity contribution >= 4 is 23.2 Å². The Morgan fingerprint density at radius 1 is 0.923 bits per heavy atom. The van der Waals surface area contributed by atoms with Gasteiger partial charge in [-0.25, -0.2) is 0 Å². The van der Waals surface area contributed by atoms with Gasteiger partial charge < -0.3 is 5.41 Å². The number of rotatable bonds is 3. The zero-order valence-corrected chi connectivity index (χ0v) is 15.2. The van der Waals surface area contributed by atoms with Crippen LogP contribution in [0.3, 0.4) is 0 Å². The second-order valence-corrected chi connectivity index (χ2v) is 7.52. The number of halogens is 3. The predicted molar refractivity (Wildman–Crippen MR) is 101 cm³/mol. The molecular formula is C20H19F3N2S. The Kier molecular flexibility index (Phi) is 5.23. The molecule has 0 radical (unpaired) electrons. The molecule has 6 heteroatoms. The molecule has 0 saturated carbocycles. The molecule has 2 aromatic rings. The standard InChI is InChI=1S/C20H19F3N2S/c1-12-17(14-6-4-3-5-7-14)18(19(24)13(2)25-12)15-8-10-16(11-9-15)26-20(21,22)23/h3-11,13,17-18,24H,1-2H3. The van der Waals surface area contributed by atoms with Crippen molar-refractivity contribution in [2.45, 2.75) is 42.1 Å². The van der Waals surface area contributed by atoms with Crippen LogP contribution < -0.4 is 0 Å². The van der Waals surface area contributed by atoms with E-state index in [-0.39, 0.29) is 34.5 Å². The zero-order valence-electron chi connectivity index (χ0n) is 14.4. The topological polar surface area (TPSA) is 36.2 Å². The molecule has 0 spiro atoms. The molecule has 3 unspecified atom stereocenters. The van der Waals surface area contributed by atoms with Crippen LogP contribution in [0.4, 0.5) is 13.2 Å². The van der Waals surface area contributed by atoms with Gasteiger partial charge in [-0.15, -0.1) is 0 Å². The van der Waals surface area contributed by atoms with Gasteiger partial charge in [0.15, 0.2) is 0 Å². The highest BCUT2D eigenvalue weighted by atomic mass is 32.2. The molecule has 26 heavy (non-hydrogen) atoms. The van der Waals surface area contributed by atoms with E-state index in [1.165, 1.54) is 12.1 Å². The van der Waals surface area contributed by atoms with Crippen molar-refractivity contribution in [1.82, 2.24) is 0 Å². The summed E-state index contributed by atoms with van der Waals surface area (Å²) in [6.07, 6.45) is 0. The van der Waals surface area contributed by atoms with E-state index >= 15 is 0 Å². The van der Waals surface area contributed by atoms with Gasteiger partial charge in [0.05, 0.1) is 6.04 Å². The Labute approximate surface area is 155 Å². The van der Waals surface area contributed by atoms with Gasteiger partial charge in [0.1, 0.15) is 0 Å². The van der Waals surface area contributed by atoms with Crippen molar-refractivity contribution in [2.24, 2.45) is 4.99 Å². The Bertz CT molecular complexity index is 813. The van der Waals surface area contributed by atoms with Crippen LogP contribution in [0.25, 0.3) is 0 Å². The summed E-state index contributed by atoms with van der Waals surface area (Å²) in [4.78, 5) is 4.75. The lowest BCUT2D eigenvalue weighted by Gasteiger charge is -2.35. The molecule has 0 amide bonds. The SMILES string of the molecule is CC1=NC(C)C(=N)C(c2ccc(SC(F)(F)F)cc2)C1c1ccccc1. The third-order valence-corrected chi connectivity index (χ3v) is 5.34. The van der Waals surface area contributed by atoms with Crippen molar-refractivity contribution < 1.29 is 13.2 Å². The molecule has 3 atom stereocenters. The number of thioether (sulfide) groups is 1. The van der Waals surface area contributed by atoms with Crippen molar-refractivity contribution in [2.75, 3.05) is 0 Å². The minimum absolute atomic E-state index is 0.0824. The molecule has 1 heterocycles. The third-order valence-electron chi connectivity index (χ3n) is 4.60. The van der Waals surface area contributed by atoms with Gasteiger partial charge in [-0.2, -0.15) is 13.2 Å². The Morgan fingerprint density at radius 2 is 1.50 bits per heavy atom. The van der Waals surface area contributed by atoms with Gasteiger partial charge in [0, 0.05) is 28.2 Å². The minimum atomic E-state index is -4.30. The second kappa shape index (κ2) is 7.27. The molecule has 0 fully saturated rings. The molecule has 1 N–H and O–H groups in total. The van der Waals surface area contributed by atoms with Gasteiger partial charge in [-0.1, -0.05) is 42.5 Å². The average Bonchev–Trinajstić information content (AvgIpc) is 2.58. The smallest absolute Gasteiger partial charge is 0.307 e. The van der Waals surface area contributed by atoms with Gasteiger partial charge in [-0.3, -0.25) is 4.99 Å². The quantitative estimate of drug-likeness (QED) is 0.651. The molecule has 3 rings (SSSR count). The maximum atomic E-state index is 12.6. The lowest BCUT2D eigenvalue weighted by atomic mass is 9.73. The molecule has 2 aromatic carbocycles. The highest BCUT2D eigenvalue weighted by Crippen LogP contribution is 2.41. The maximum Gasteiger partial charge on any atom is 0.446 e. The van der Waals surface area contributed by atoms with E-state index in [0.29, 0.717) is 5.71 Å². The largest absolute Gasteiger partial charge is 0.446 e. The van der Waals surface area contributed by atoms with E-state index in [0.717, 1.165) is 16.8 Å². The summed E-state index contributed by atoms with van der Waals surface area (Å²) in [6.45, 7) is 3.84. The zero-order chi connectivity index (χ0) is 18.9. The van der Waals surface area contributed by atoms with E-state index in [2.05, 4.69) is 4.99 Å². The highest BCUT2D eigenvalue weighted by molar-refractivity contribution is 8.00. The van der Waals surface area contributed by atoms with Crippen molar-refractivity contribution in [3.05, 3.63) is 65.7 Å². The molecule has 0 saturated heterocycles. The summed E-state index contributed by atoms with van der Waals surface area (Å²) in [7, 11) is 0. The second-order valence-electron chi connectivity index (χ2n) is 6.38. The van der Waals surface area contributed by atoms with Crippen LogP contribution in [0.1, 0.15) is 36.8 Å². The first-order chi connectivity index (χ1) is 12.3. The van der Waals surface area contributed by atoms with E-state index in [1.54, 1.807) is 12.1 Å². The van der Waals surface area contributed by atoms with E-state index < -0.39 is 5.51 Å². The lowest BCUT2D eigenvalue weighted by molar-refractivity contribution is -0.0328. The fourth-order valence-corrected chi connectivity index (χ4v) is 4.02. The summed E-state index contributed by atoms with van der Waals surface area (Å²) in [6, 6.07) is 16.0. The average molecular weight is 376 g/mol. The Balaban J connectivity index is 1.99. The number of nitrogens with one attached hydrogen (secondary N) is 1. The van der Waals surface area contributed by atoms with Crippen molar-refractivity contribution in [3.8, 4) is 0 Å². The summed E-state index contributed by atoms with van der Waals surface area (Å²) in [5, 5.41) is 8.56. The maximum absolute atomic E-state index is 12.6. The summed E-state index contributed by atoms with van der Waals surface area (Å²) in [5.74, 6) is -0.309. The van der Waals surface area contributed by atoms with E-state index in [1.807, 2.05) is 44.2 Å². The van der Waals surface area contributed by atoms with Crippen LogP contribution in [0, 0.1) is 5.41 Å². The molecule has 0 bridgehead atoms. The van der Waals surface area contributed by atoms with E-state index in [4.69, 9.17) is 5.41 Å². The number of alkyl halides is 3. The van der Waals surface area contributed by atoms with Gasteiger partial charge >= 0.3 is 5.51 Å². The summed E-state index contributed by atoms with van der Waals surface area (Å²) in [5.41, 5.74) is -0.969. The van der Waals surface area contributed by atoms with Crippen molar-refractivity contribution in [1.29, 1.82) is 5.41 Å². The van der Waals surface area contributed by atoms with Crippen LogP contribution in [0.15, 0.2) is 64.5 Å². The van der Waals surface area contributed by atoms with Gasteiger partial charge in [0.25, 0.3) is 0 Å². The highest BCUT2D eigenvalue weighted by Gasteiger charge is 2.36. The Morgan fingerprint density at radius 3 is 2.08 bits per heavy atom. The van der Waals surface area contributed by atoms with Gasteiger partial charge in [0.2, 0.25) is 0 Å². The van der Waals surface area contributed by atoms with Crippen LogP contribution in [-0.2, 0) is 0 Å². The molecule has 2 nitrogen and oxygen atoms in total. The number of aliphatic imine (C=N–C) groups is 1. The summed E-state index contributed by atoms with van der Waals surface area (Å²) < 4.78 is 37.7. The number of hydrogen-bond donors (Lipinski definition) is 1. The predicted octanol–water partition coefficient (Wildman–Crippen LogP) is 6.05. The number of nitrogens with zero attached hydrogens (tertiary/aromatic N) is 1. The number of hydrogen-bond acceptors (Lipinski definition) is 3. The van der Waals surface area contributed by atoms with Crippen LogP contribution in [-0.4, -0.2) is 23.0 Å². The van der Waals surface area contributed by atoms with Crippen molar-refractivity contribution in [3.63, 3.8) is 0 Å². The van der Waals surface area contributed by atoms with Crippen LogP contribution in [0.2, 0.25) is 0 Å². The normalized spacial score (nSPS) is 23.7. The summed E-state index contributed by atoms with van der Waals surface area (Å²) >= 11 is -0.122.